The van der Waals surface area contributed by atoms with E-state index in [-0.39, 0.29) is 0 Å². The molecule has 1 heterocycles. The zero-order chi connectivity index (χ0) is 10.1. The summed E-state index contributed by atoms with van der Waals surface area (Å²) < 4.78 is 7.86. The molecule has 2 rings (SSSR count). The summed E-state index contributed by atoms with van der Waals surface area (Å²) in [6.07, 6.45) is 0. The predicted octanol–water partition coefficient (Wildman–Crippen LogP) is 4.41. The summed E-state index contributed by atoms with van der Waals surface area (Å²) in [5, 5.41) is 3.17. The van der Waals surface area contributed by atoms with Gasteiger partial charge in [-0.05, 0) is 34.2 Å². The first-order valence-corrected chi connectivity index (χ1v) is 7.09. The summed E-state index contributed by atoms with van der Waals surface area (Å²) in [4.78, 5) is 0. The van der Waals surface area contributed by atoms with Gasteiger partial charge in [0, 0.05) is 25.1 Å². The van der Waals surface area contributed by atoms with Crippen molar-refractivity contribution in [2.45, 2.75) is 5.33 Å². The van der Waals surface area contributed by atoms with Crippen LogP contribution in [0.4, 0.5) is 0 Å². The van der Waals surface area contributed by atoms with Crippen LogP contribution in [0, 0.1) is 3.57 Å². The fourth-order valence-electron chi connectivity index (χ4n) is 1.33. The minimum atomic E-state index is 0.893. The molecule has 0 bridgehead atoms. The monoisotopic (exact) mass is 382 g/mol. The largest absolute Gasteiger partial charge is 0.487 e. The Kier molecular flexibility index (Phi) is 3.34. The van der Waals surface area contributed by atoms with Gasteiger partial charge >= 0.3 is 0 Å². The van der Waals surface area contributed by atoms with Gasteiger partial charge in [-0.3, -0.25) is 0 Å². The molecule has 0 aliphatic heterocycles. The zero-order valence-electron chi connectivity index (χ0n) is 7.51. The van der Waals surface area contributed by atoms with Crippen molar-refractivity contribution in [3.63, 3.8) is 0 Å². The SMILES string of the molecule is COc1cc2c(I)ccc(CBr)c2s1. The number of methoxy groups -OCH3 is 1. The maximum absolute atomic E-state index is 5.25. The molecule has 0 radical (unpaired) electrons. The molecule has 0 spiro atoms. The van der Waals surface area contributed by atoms with Gasteiger partial charge in [-0.15, -0.1) is 0 Å². The molecular weight excluding hydrogens is 375 g/mol. The van der Waals surface area contributed by atoms with Crippen LogP contribution in [0.3, 0.4) is 0 Å². The van der Waals surface area contributed by atoms with Crippen molar-refractivity contribution in [3.05, 3.63) is 27.3 Å². The summed E-state index contributed by atoms with van der Waals surface area (Å²) in [6, 6.07) is 6.41. The number of ether oxygens (including phenoxy) is 1. The molecule has 4 heteroatoms. The zero-order valence-corrected chi connectivity index (χ0v) is 12.1. The smallest absolute Gasteiger partial charge is 0.174 e. The molecule has 0 aliphatic rings. The van der Waals surface area contributed by atoms with E-state index >= 15 is 0 Å². The van der Waals surface area contributed by atoms with Gasteiger partial charge in [-0.25, -0.2) is 0 Å². The highest BCUT2D eigenvalue weighted by molar-refractivity contribution is 14.1. The Morgan fingerprint density at radius 1 is 1.50 bits per heavy atom. The van der Waals surface area contributed by atoms with Gasteiger partial charge < -0.3 is 4.74 Å². The summed E-state index contributed by atoms with van der Waals surface area (Å²) in [7, 11) is 1.71. The van der Waals surface area contributed by atoms with Crippen molar-refractivity contribution in [2.24, 2.45) is 0 Å². The van der Waals surface area contributed by atoms with E-state index in [0.29, 0.717) is 0 Å². The number of hydrogen-bond donors (Lipinski definition) is 0. The topological polar surface area (TPSA) is 9.23 Å². The highest BCUT2D eigenvalue weighted by Gasteiger charge is 2.08. The Balaban J connectivity index is 2.74. The molecule has 2 aromatic rings. The number of alkyl halides is 1. The molecule has 0 saturated carbocycles. The highest BCUT2D eigenvalue weighted by atomic mass is 127. The number of benzene rings is 1. The molecule has 1 aromatic heterocycles. The van der Waals surface area contributed by atoms with E-state index in [1.165, 1.54) is 19.2 Å². The maximum Gasteiger partial charge on any atom is 0.174 e. The van der Waals surface area contributed by atoms with Crippen LogP contribution in [0.5, 0.6) is 5.06 Å². The third-order valence-corrected chi connectivity index (χ3v) is 4.75. The first kappa shape index (κ1) is 10.7. The minimum absolute atomic E-state index is 0.893. The lowest BCUT2D eigenvalue weighted by molar-refractivity contribution is 0.427. The first-order valence-electron chi connectivity index (χ1n) is 4.07. The average molecular weight is 383 g/mol. The maximum atomic E-state index is 5.25. The van der Waals surface area contributed by atoms with Crippen LogP contribution in [0.25, 0.3) is 10.1 Å². The Morgan fingerprint density at radius 2 is 2.29 bits per heavy atom. The number of fused-ring (bicyclic) bond motifs is 1. The Hall–Kier alpha value is 0.190. The second-order valence-electron chi connectivity index (χ2n) is 2.85. The Labute approximate surface area is 109 Å². The summed E-state index contributed by atoms with van der Waals surface area (Å²) in [5.74, 6) is 0. The van der Waals surface area contributed by atoms with Crippen LogP contribution in [-0.2, 0) is 5.33 Å². The molecule has 1 aromatic carbocycles. The molecule has 0 fully saturated rings. The van der Waals surface area contributed by atoms with E-state index in [1.54, 1.807) is 18.4 Å². The molecule has 1 nitrogen and oxygen atoms in total. The van der Waals surface area contributed by atoms with E-state index in [4.69, 9.17) is 4.74 Å². The number of rotatable bonds is 2. The lowest BCUT2D eigenvalue weighted by Gasteiger charge is -1.98. The highest BCUT2D eigenvalue weighted by Crippen LogP contribution is 2.37. The van der Waals surface area contributed by atoms with Gasteiger partial charge in [0.05, 0.1) is 7.11 Å². The van der Waals surface area contributed by atoms with E-state index in [2.05, 4.69) is 56.7 Å². The van der Waals surface area contributed by atoms with Gasteiger partial charge in [0.25, 0.3) is 0 Å². The van der Waals surface area contributed by atoms with Gasteiger partial charge in [0.1, 0.15) is 0 Å². The summed E-state index contributed by atoms with van der Waals surface area (Å²) >= 11 is 7.56. The van der Waals surface area contributed by atoms with E-state index in [0.717, 1.165) is 10.4 Å². The standard InChI is InChI=1S/C10H8BrIOS/c1-13-9-4-7-8(12)3-2-6(5-11)10(7)14-9/h2-4H,5H2,1H3. The Morgan fingerprint density at radius 3 is 2.93 bits per heavy atom. The molecule has 0 amide bonds. The van der Waals surface area contributed by atoms with E-state index in [9.17, 15) is 0 Å². The quantitative estimate of drug-likeness (QED) is 0.552. The molecule has 0 atom stereocenters. The van der Waals surface area contributed by atoms with E-state index in [1.807, 2.05) is 0 Å². The van der Waals surface area contributed by atoms with Crippen LogP contribution in [0.1, 0.15) is 5.56 Å². The van der Waals surface area contributed by atoms with Crippen LogP contribution < -0.4 is 4.74 Å². The first-order chi connectivity index (χ1) is 6.76. The van der Waals surface area contributed by atoms with Gasteiger partial charge in [-0.1, -0.05) is 33.3 Å². The Bertz CT molecular complexity index is 466. The number of halogens is 2. The predicted molar refractivity (Wildman–Crippen MR) is 73.7 cm³/mol. The molecular formula is C10H8BrIOS. The number of hydrogen-bond acceptors (Lipinski definition) is 2. The lowest BCUT2D eigenvalue weighted by Crippen LogP contribution is -1.79. The van der Waals surface area contributed by atoms with Gasteiger partial charge in [0.2, 0.25) is 0 Å². The second-order valence-corrected chi connectivity index (χ2v) is 5.59. The number of thiophene rings is 1. The second kappa shape index (κ2) is 4.37. The van der Waals surface area contributed by atoms with Crippen LogP contribution in [0.2, 0.25) is 0 Å². The summed E-state index contributed by atoms with van der Waals surface area (Å²) in [5.41, 5.74) is 1.33. The third kappa shape index (κ3) is 1.79. The van der Waals surface area contributed by atoms with Crippen LogP contribution in [0.15, 0.2) is 18.2 Å². The van der Waals surface area contributed by atoms with Crippen molar-refractivity contribution >= 4 is 59.9 Å². The van der Waals surface area contributed by atoms with E-state index < -0.39 is 0 Å². The fourth-order valence-corrected chi connectivity index (χ4v) is 3.78. The van der Waals surface area contributed by atoms with Crippen molar-refractivity contribution in [1.82, 2.24) is 0 Å². The summed E-state index contributed by atoms with van der Waals surface area (Å²) in [6.45, 7) is 0. The van der Waals surface area contributed by atoms with Crippen LogP contribution in [-0.4, -0.2) is 7.11 Å². The van der Waals surface area contributed by atoms with Crippen molar-refractivity contribution in [2.75, 3.05) is 7.11 Å². The van der Waals surface area contributed by atoms with Crippen LogP contribution >= 0.6 is 49.9 Å². The lowest BCUT2D eigenvalue weighted by atomic mass is 10.2. The molecule has 0 N–H and O–H groups in total. The molecule has 0 unspecified atom stereocenters. The molecule has 14 heavy (non-hydrogen) atoms. The van der Waals surface area contributed by atoms with Crippen molar-refractivity contribution in [3.8, 4) is 5.06 Å². The molecule has 74 valence electrons. The van der Waals surface area contributed by atoms with Crippen molar-refractivity contribution in [1.29, 1.82) is 0 Å². The molecule has 0 aliphatic carbocycles. The molecule has 0 saturated heterocycles. The fraction of sp³-hybridized carbons (Fsp3) is 0.200. The van der Waals surface area contributed by atoms with Gasteiger partial charge in [0.15, 0.2) is 5.06 Å². The average Bonchev–Trinajstić information content (AvgIpc) is 2.63. The minimum Gasteiger partial charge on any atom is -0.487 e. The van der Waals surface area contributed by atoms with Crippen molar-refractivity contribution < 1.29 is 4.74 Å². The third-order valence-electron chi connectivity index (χ3n) is 2.03. The van der Waals surface area contributed by atoms with Gasteiger partial charge in [-0.2, -0.15) is 0 Å². The normalized spacial score (nSPS) is 10.8.